The van der Waals surface area contributed by atoms with Crippen molar-refractivity contribution in [1.29, 1.82) is 0 Å². The van der Waals surface area contributed by atoms with Crippen molar-refractivity contribution in [2.75, 3.05) is 27.3 Å². The summed E-state index contributed by atoms with van der Waals surface area (Å²) >= 11 is 0. The highest BCUT2D eigenvalue weighted by Gasteiger charge is 2.62. The number of benzene rings is 1. The van der Waals surface area contributed by atoms with Crippen molar-refractivity contribution >= 4 is 5.91 Å². The van der Waals surface area contributed by atoms with Crippen LogP contribution in [0.4, 0.5) is 0 Å². The number of fused-ring (bicyclic) bond motifs is 2. The summed E-state index contributed by atoms with van der Waals surface area (Å²) in [4.78, 5) is 17.3. The molecule has 1 aromatic carbocycles. The van der Waals surface area contributed by atoms with Crippen LogP contribution in [-0.4, -0.2) is 55.2 Å². The van der Waals surface area contributed by atoms with Crippen LogP contribution >= 0.6 is 0 Å². The smallest absolute Gasteiger partial charge is 0.259 e. The number of piperidine rings is 3. The molecular weight excluding hydrogens is 268 g/mol. The quantitative estimate of drug-likeness (QED) is 0.792. The van der Waals surface area contributed by atoms with Crippen molar-refractivity contribution in [3.63, 3.8) is 0 Å². The third-order valence-electron chi connectivity index (χ3n) is 5.13. The van der Waals surface area contributed by atoms with Crippen molar-refractivity contribution in [3.05, 3.63) is 23.8 Å². The van der Waals surface area contributed by atoms with Gasteiger partial charge in [0.15, 0.2) is 0 Å². The maximum absolute atomic E-state index is 12.9. The molecule has 2 unspecified atom stereocenters. The van der Waals surface area contributed by atoms with Gasteiger partial charge in [0, 0.05) is 19.2 Å². The molecular formula is C16H20N2O3. The van der Waals surface area contributed by atoms with Crippen molar-refractivity contribution in [3.8, 4) is 11.5 Å². The van der Waals surface area contributed by atoms with Crippen molar-refractivity contribution < 1.29 is 14.3 Å². The van der Waals surface area contributed by atoms with Gasteiger partial charge in [0.05, 0.1) is 25.8 Å². The Bertz CT molecular complexity index is 563. The molecule has 5 heteroatoms. The Kier molecular flexibility index (Phi) is 2.85. The van der Waals surface area contributed by atoms with Crippen LogP contribution in [0.1, 0.15) is 23.2 Å². The number of ether oxygens (including phenoxy) is 2. The summed E-state index contributed by atoms with van der Waals surface area (Å²) in [5.41, 5.74) is 0.633. The summed E-state index contributed by atoms with van der Waals surface area (Å²) < 4.78 is 10.6. The molecule has 0 spiro atoms. The molecule has 1 aromatic rings. The minimum Gasteiger partial charge on any atom is -0.497 e. The zero-order valence-corrected chi connectivity index (χ0v) is 12.4. The van der Waals surface area contributed by atoms with Crippen LogP contribution in [0.3, 0.4) is 0 Å². The van der Waals surface area contributed by atoms with Crippen molar-refractivity contribution in [1.82, 2.24) is 9.80 Å². The van der Waals surface area contributed by atoms with Gasteiger partial charge in [-0.25, -0.2) is 0 Å². The average molecular weight is 288 g/mol. The summed E-state index contributed by atoms with van der Waals surface area (Å²) in [6.45, 7) is 2.27. The molecule has 21 heavy (non-hydrogen) atoms. The number of amides is 1. The van der Waals surface area contributed by atoms with E-state index in [1.54, 1.807) is 20.3 Å². The van der Waals surface area contributed by atoms with Gasteiger partial charge in [-0.1, -0.05) is 0 Å². The van der Waals surface area contributed by atoms with E-state index in [0.29, 0.717) is 35.2 Å². The van der Waals surface area contributed by atoms with E-state index in [-0.39, 0.29) is 5.91 Å². The number of methoxy groups -OCH3 is 2. The van der Waals surface area contributed by atoms with E-state index in [9.17, 15) is 4.79 Å². The second-order valence-electron chi connectivity index (χ2n) is 6.06. The molecule has 0 N–H and O–H groups in total. The third kappa shape index (κ3) is 1.83. The minimum absolute atomic E-state index is 0.0864. The molecule has 1 amide bonds. The Morgan fingerprint density at radius 2 is 1.95 bits per heavy atom. The average Bonchev–Trinajstić information content (AvgIpc) is 3.32. The number of carbonyl (C=O) groups excluding carboxylic acids is 1. The zero-order valence-electron chi connectivity index (χ0n) is 12.4. The molecule has 4 heterocycles. The van der Waals surface area contributed by atoms with Gasteiger partial charge in [-0.2, -0.15) is 0 Å². The molecule has 4 fully saturated rings. The molecule has 5 nitrogen and oxygen atoms in total. The monoisotopic (exact) mass is 288 g/mol. The van der Waals surface area contributed by atoms with Crippen LogP contribution < -0.4 is 9.47 Å². The number of hydrogen-bond acceptors (Lipinski definition) is 4. The first kappa shape index (κ1) is 13.0. The maximum atomic E-state index is 12.9. The second-order valence-corrected chi connectivity index (χ2v) is 6.06. The summed E-state index contributed by atoms with van der Waals surface area (Å²) in [5, 5.41) is 0. The SMILES string of the molecule is COc1ccc(C(=O)N2C3C4CCN(CC4)C32)c(OC)c1. The summed E-state index contributed by atoms with van der Waals surface area (Å²) in [6, 6.07) is 5.82. The maximum Gasteiger partial charge on any atom is 0.259 e. The van der Waals surface area contributed by atoms with E-state index in [4.69, 9.17) is 9.47 Å². The fraction of sp³-hybridized carbons (Fsp3) is 0.562. The fourth-order valence-electron chi connectivity index (χ4n) is 3.99. The topological polar surface area (TPSA) is 41.8 Å². The van der Waals surface area contributed by atoms with Crippen LogP contribution in [0.2, 0.25) is 0 Å². The third-order valence-corrected chi connectivity index (χ3v) is 5.13. The van der Waals surface area contributed by atoms with Crippen molar-refractivity contribution in [2.45, 2.75) is 25.0 Å². The standard InChI is InChI=1S/C16H20N2O3/c1-20-11-3-4-12(13(9-11)21-2)16(19)18-14-10-5-7-17(8-6-10)15(14)18/h3-4,9-10,14-15H,5-8H2,1-2H3. The molecule has 0 radical (unpaired) electrons. The summed E-state index contributed by atoms with van der Waals surface area (Å²) in [5.74, 6) is 2.07. The van der Waals surface area contributed by atoms with Crippen LogP contribution in [0.25, 0.3) is 0 Å². The van der Waals surface area contributed by atoms with E-state index < -0.39 is 0 Å². The van der Waals surface area contributed by atoms with Crippen LogP contribution in [0, 0.1) is 5.92 Å². The van der Waals surface area contributed by atoms with Gasteiger partial charge >= 0.3 is 0 Å². The lowest BCUT2D eigenvalue weighted by molar-refractivity contribution is 0.0829. The lowest BCUT2D eigenvalue weighted by atomic mass is 9.88. The van der Waals surface area contributed by atoms with E-state index >= 15 is 0 Å². The highest BCUT2D eigenvalue weighted by molar-refractivity contribution is 5.99. The zero-order chi connectivity index (χ0) is 14.6. The van der Waals surface area contributed by atoms with Gasteiger partial charge in [-0.05, 0) is 30.9 Å². The Morgan fingerprint density at radius 3 is 2.52 bits per heavy atom. The molecule has 112 valence electrons. The molecule has 0 aromatic heterocycles. The minimum atomic E-state index is 0.0864. The first-order valence-corrected chi connectivity index (χ1v) is 7.53. The highest BCUT2D eigenvalue weighted by Crippen LogP contribution is 2.48. The lowest BCUT2D eigenvalue weighted by Crippen LogP contribution is -2.44. The molecule has 0 saturated carbocycles. The first-order chi connectivity index (χ1) is 10.2. The highest BCUT2D eigenvalue weighted by atomic mass is 16.5. The number of hydrogen-bond donors (Lipinski definition) is 0. The predicted molar refractivity (Wildman–Crippen MR) is 77.6 cm³/mol. The number of carbonyl (C=O) groups is 1. The summed E-state index contributed by atoms with van der Waals surface area (Å²) in [7, 11) is 3.20. The molecule has 5 rings (SSSR count). The molecule has 0 aliphatic carbocycles. The van der Waals surface area contributed by atoms with Gasteiger partial charge in [0.1, 0.15) is 17.7 Å². The van der Waals surface area contributed by atoms with Gasteiger partial charge in [-0.3, -0.25) is 9.69 Å². The second kappa shape index (κ2) is 4.63. The fourth-order valence-corrected chi connectivity index (χ4v) is 3.99. The predicted octanol–water partition coefficient (Wildman–Crippen LogP) is 1.58. The number of nitrogens with zero attached hydrogens (tertiary/aromatic N) is 2. The summed E-state index contributed by atoms with van der Waals surface area (Å²) in [6.07, 6.45) is 2.78. The van der Waals surface area contributed by atoms with E-state index in [1.165, 1.54) is 12.8 Å². The molecule has 2 atom stereocenters. The Morgan fingerprint density at radius 1 is 1.19 bits per heavy atom. The number of rotatable bonds is 3. The Balaban J connectivity index is 1.62. The van der Waals surface area contributed by atoms with Gasteiger partial charge in [0.25, 0.3) is 5.91 Å². The Labute approximate surface area is 124 Å². The first-order valence-electron chi connectivity index (χ1n) is 7.53. The molecule has 4 saturated heterocycles. The Hall–Kier alpha value is -1.75. The van der Waals surface area contributed by atoms with E-state index in [0.717, 1.165) is 13.1 Å². The van der Waals surface area contributed by atoms with Crippen LogP contribution in [0.5, 0.6) is 11.5 Å². The lowest BCUT2D eigenvalue weighted by Gasteiger charge is -2.35. The van der Waals surface area contributed by atoms with Gasteiger partial charge in [-0.15, -0.1) is 0 Å². The largest absolute Gasteiger partial charge is 0.497 e. The molecule has 4 aliphatic rings. The van der Waals surface area contributed by atoms with Crippen molar-refractivity contribution in [2.24, 2.45) is 5.92 Å². The molecule has 4 aliphatic heterocycles. The van der Waals surface area contributed by atoms with Gasteiger partial charge < -0.3 is 14.4 Å². The van der Waals surface area contributed by atoms with E-state index in [2.05, 4.69) is 4.90 Å². The normalized spacial score (nSPS) is 32.6. The van der Waals surface area contributed by atoms with Crippen LogP contribution in [0.15, 0.2) is 18.2 Å². The van der Waals surface area contributed by atoms with Crippen LogP contribution in [-0.2, 0) is 0 Å². The van der Waals surface area contributed by atoms with Gasteiger partial charge in [0.2, 0.25) is 0 Å². The molecule has 2 bridgehead atoms. The van der Waals surface area contributed by atoms with E-state index in [1.807, 2.05) is 17.0 Å².